The SMILES string of the molecule is CCC(O)C1CC(NCCCO)CN(C)C1. The molecule has 1 aliphatic rings. The summed E-state index contributed by atoms with van der Waals surface area (Å²) < 4.78 is 0. The molecular weight excluding hydrogens is 204 g/mol. The minimum Gasteiger partial charge on any atom is -0.396 e. The molecule has 1 aliphatic heterocycles. The molecule has 1 rings (SSSR count). The van der Waals surface area contributed by atoms with Gasteiger partial charge in [-0.25, -0.2) is 0 Å². The first-order valence-corrected chi connectivity index (χ1v) is 6.38. The van der Waals surface area contributed by atoms with Gasteiger partial charge in [-0.15, -0.1) is 0 Å². The summed E-state index contributed by atoms with van der Waals surface area (Å²) >= 11 is 0. The van der Waals surface area contributed by atoms with E-state index in [1.54, 1.807) is 0 Å². The predicted octanol–water partition coefficient (Wildman–Crippen LogP) is 0.0496. The maximum Gasteiger partial charge on any atom is 0.0578 e. The number of likely N-dealkylation sites (tertiary alicyclic amines) is 1. The molecule has 0 saturated carbocycles. The second kappa shape index (κ2) is 7.22. The van der Waals surface area contributed by atoms with Crippen LogP contribution in [0.1, 0.15) is 26.2 Å². The molecule has 0 aromatic rings. The van der Waals surface area contributed by atoms with Crippen LogP contribution in [0.15, 0.2) is 0 Å². The zero-order valence-corrected chi connectivity index (χ0v) is 10.5. The van der Waals surface area contributed by atoms with E-state index in [0.717, 1.165) is 38.9 Å². The van der Waals surface area contributed by atoms with Crippen molar-refractivity contribution < 1.29 is 10.2 Å². The van der Waals surface area contributed by atoms with Crippen molar-refractivity contribution in [2.24, 2.45) is 5.92 Å². The summed E-state index contributed by atoms with van der Waals surface area (Å²) in [6, 6.07) is 0.455. The van der Waals surface area contributed by atoms with Gasteiger partial charge < -0.3 is 20.4 Å². The summed E-state index contributed by atoms with van der Waals surface area (Å²) in [6.45, 7) is 5.18. The number of aliphatic hydroxyl groups excluding tert-OH is 2. The Hall–Kier alpha value is -0.160. The minimum absolute atomic E-state index is 0.176. The Morgan fingerprint density at radius 2 is 2.19 bits per heavy atom. The van der Waals surface area contributed by atoms with Crippen molar-refractivity contribution in [3.05, 3.63) is 0 Å². The molecule has 0 aromatic heterocycles. The zero-order valence-electron chi connectivity index (χ0n) is 10.5. The van der Waals surface area contributed by atoms with E-state index in [1.165, 1.54) is 0 Å². The summed E-state index contributed by atoms with van der Waals surface area (Å²) in [7, 11) is 2.11. The Morgan fingerprint density at radius 3 is 2.81 bits per heavy atom. The van der Waals surface area contributed by atoms with E-state index >= 15 is 0 Å². The third-order valence-corrected chi connectivity index (χ3v) is 3.40. The molecule has 1 fully saturated rings. The Morgan fingerprint density at radius 1 is 1.44 bits per heavy atom. The van der Waals surface area contributed by atoms with Crippen molar-refractivity contribution in [1.29, 1.82) is 0 Å². The molecule has 3 unspecified atom stereocenters. The number of piperidine rings is 1. The average molecular weight is 230 g/mol. The van der Waals surface area contributed by atoms with Gasteiger partial charge in [0, 0.05) is 25.7 Å². The minimum atomic E-state index is -0.176. The predicted molar refractivity (Wildman–Crippen MR) is 65.4 cm³/mol. The molecule has 0 radical (unpaired) electrons. The van der Waals surface area contributed by atoms with Crippen LogP contribution in [-0.4, -0.2) is 60.5 Å². The Bertz CT molecular complexity index is 190. The van der Waals surface area contributed by atoms with Crippen LogP contribution in [-0.2, 0) is 0 Å². The van der Waals surface area contributed by atoms with E-state index < -0.39 is 0 Å². The van der Waals surface area contributed by atoms with Gasteiger partial charge in [0.2, 0.25) is 0 Å². The van der Waals surface area contributed by atoms with Crippen molar-refractivity contribution in [3.63, 3.8) is 0 Å². The number of rotatable bonds is 6. The topological polar surface area (TPSA) is 55.7 Å². The molecule has 1 heterocycles. The van der Waals surface area contributed by atoms with E-state index in [-0.39, 0.29) is 12.7 Å². The first-order valence-electron chi connectivity index (χ1n) is 6.38. The Kier molecular flexibility index (Phi) is 6.28. The molecule has 16 heavy (non-hydrogen) atoms. The summed E-state index contributed by atoms with van der Waals surface area (Å²) in [5, 5.41) is 22.1. The van der Waals surface area contributed by atoms with E-state index in [1.807, 2.05) is 6.92 Å². The van der Waals surface area contributed by atoms with Crippen LogP contribution in [0.2, 0.25) is 0 Å². The van der Waals surface area contributed by atoms with Crippen molar-refractivity contribution in [1.82, 2.24) is 10.2 Å². The zero-order chi connectivity index (χ0) is 12.0. The highest BCUT2D eigenvalue weighted by Crippen LogP contribution is 2.20. The standard InChI is InChI=1S/C12H26N2O2/c1-3-12(16)10-7-11(9-14(2)8-10)13-5-4-6-15/h10-13,15-16H,3-9H2,1-2H3. The number of hydrogen-bond acceptors (Lipinski definition) is 4. The lowest BCUT2D eigenvalue weighted by Crippen LogP contribution is -2.50. The lowest BCUT2D eigenvalue weighted by Gasteiger charge is -2.38. The lowest BCUT2D eigenvalue weighted by molar-refractivity contribution is 0.0444. The molecule has 0 amide bonds. The summed E-state index contributed by atoms with van der Waals surface area (Å²) in [6.07, 6.45) is 2.51. The highest BCUT2D eigenvalue weighted by Gasteiger charge is 2.28. The van der Waals surface area contributed by atoms with Crippen LogP contribution < -0.4 is 5.32 Å². The molecule has 4 nitrogen and oxygen atoms in total. The molecular formula is C12H26N2O2. The summed E-state index contributed by atoms with van der Waals surface area (Å²) in [4.78, 5) is 2.28. The van der Waals surface area contributed by atoms with Crippen molar-refractivity contribution >= 4 is 0 Å². The van der Waals surface area contributed by atoms with Gasteiger partial charge in [-0.05, 0) is 38.8 Å². The van der Waals surface area contributed by atoms with Crippen molar-refractivity contribution in [2.45, 2.75) is 38.3 Å². The van der Waals surface area contributed by atoms with Crippen LogP contribution in [0.25, 0.3) is 0 Å². The maximum absolute atomic E-state index is 9.90. The number of hydrogen-bond donors (Lipinski definition) is 3. The fourth-order valence-corrected chi connectivity index (χ4v) is 2.51. The Balaban J connectivity index is 2.35. The average Bonchev–Trinajstić information content (AvgIpc) is 2.27. The molecule has 96 valence electrons. The maximum atomic E-state index is 9.90. The van der Waals surface area contributed by atoms with E-state index in [9.17, 15) is 5.11 Å². The van der Waals surface area contributed by atoms with Crippen LogP contribution in [0, 0.1) is 5.92 Å². The summed E-state index contributed by atoms with van der Waals surface area (Å²) in [5.41, 5.74) is 0. The number of likely N-dealkylation sites (N-methyl/N-ethyl adjacent to an activating group) is 1. The molecule has 0 spiro atoms. The second-order valence-electron chi connectivity index (χ2n) is 4.92. The van der Waals surface area contributed by atoms with Gasteiger partial charge in [0.1, 0.15) is 0 Å². The Labute approximate surface area is 98.6 Å². The summed E-state index contributed by atoms with van der Waals surface area (Å²) in [5.74, 6) is 0.385. The monoisotopic (exact) mass is 230 g/mol. The van der Waals surface area contributed by atoms with Crippen molar-refractivity contribution in [3.8, 4) is 0 Å². The molecule has 3 N–H and O–H groups in total. The number of aliphatic hydroxyl groups is 2. The van der Waals surface area contributed by atoms with E-state index in [2.05, 4.69) is 17.3 Å². The van der Waals surface area contributed by atoms with Crippen LogP contribution in [0.4, 0.5) is 0 Å². The number of nitrogens with one attached hydrogen (secondary N) is 1. The highest BCUT2D eigenvalue weighted by atomic mass is 16.3. The first kappa shape index (κ1) is 13.9. The highest BCUT2D eigenvalue weighted by molar-refractivity contribution is 4.85. The molecule has 1 saturated heterocycles. The lowest BCUT2D eigenvalue weighted by atomic mass is 9.88. The van der Waals surface area contributed by atoms with Crippen LogP contribution in [0.3, 0.4) is 0 Å². The second-order valence-corrected chi connectivity index (χ2v) is 4.92. The normalized spacial score (nSPS) is 29.2. The number of nitrogens with zero attached hydrogens (tertiary/aromatic N) is 1. The van der Waals surface area contributed by atoms with Crippen molar-refractivity contribution in [2.75, 3.05) is 33.3 Å². The van der Waals surface area contributed by atoms with Gasteiger partial charge >= 0.3 is 0 Å². The quantitative estimate of drug-likeness (QED) is 0.564. The van der Waals surface area contributed by atoms with Gasteiger partial charge in [-0.3, -0.25) is 0 Å². The van der Waals surface area contributed by atoms with Gasteiger partial charge in [-0.2, -0.15) is 0 Å². The molecule has 0 aliphatic carbocycles. The van der Waals surface area contributed by atoms with Crippen LogP contribution in [0.5, 0.6) is 0 Å². The first-order chi connectivity index (χ1) is 7.67. The third-order valence-electron chi connectivity index (χ3n) is 3.40. The van der Waals surface area contributed by atoms with Gasteiger partial charge in [-0.1, -0.05) is 6.92 Å². The fraction of sp³-hybridized carbons (Fsp3) is 1.00. The van der Waals surface area contributed by atoms with E-state index in [4.69, 9.17) is 5.11 Å². The van der Waals surface area contributed by atoms with E-state index in [0.29, 0.717) is 12.0 Å². The van der Waals surface area contributed by atoms with Gasteiger partial charge in [0.05, 0.1) is 6.10 Å². The van der Waals surface area contributed by atoms with Crippen LogP contribution >= 0.6 is 0 Å². The largest absolute Gasteiger partial charge is 0.396 e. The van der Waals surface area contributed by atoms with Gasteiger partial charge in [0.15, 0.2) is 0 Å². The molecule has 0 aromatic carbocycles. The fourth-order valence-electron chi connectivity index (χ4n) is 2.51. The smallest absolute Gasteiger partial charge is 0.0578 e. The molecule has 3 atom stereocenters. The molecule has 0 bridgehead atoms. The molecule has 4 heteroatoms. The third kappa shape index (κ3) is 4.37. The van der Waals surface area contributed by atoms with Gasteiger partial charge in [0.25, 0.3) is 0 Å².